The van der Waals surface area contributed by atoms with Crippen molar-refractivity contribution in [2.24, 2.45) is 0 Å². The van der Waals surface area contributed by atoms with E-state index in [1.165, 1.54) is 25.8 Å². The molecule has 0 N–H and O–H groups in total. The summed E-state index contributed by atoms with van der Waals surface area (Å²) in [6.45, 7) is 5.78. The first kappa shape index (κ1) is 13.5. The summed E-state index contributed by atoms with van der Waals surface area (Å²) in [7, 11) is 0. The Morgan fingerprint density at radius 3 is 2.79 bits per heavy atom. The Bertz CT molecular complexity index is 463. The van der Waals surface area contributed by atoms with Crippen molar-refractivity contribution in [2.45, 2.75) is 38.3 Å². The molecule has 19 heavy (non-hydrogen) atoms. The predicted octanol–water partition coefficient (Wildman–Crippen LogP) is 4.06. The standard InChI is InChI=1S/C15H20Cl2N2/c1-11-9-18-7-3-2-4-13(18)10-19(11)15-6-5-12(16)8-14(15)17/h5-6,8,11,13H,2-4,7,9-10H2,1H3. The molecular weight excluding hydrogens is 279 g/mol. The fraction of sp³-hybridized carbons (Fsp3) is 0.600. The van der Waals surface area contributed by atoms with Crippen molar-refractivity contribution < 1.29 is 0 Å². The molecule has 2 nitrogen and oxygen atoms in total. The Hall–Kier alpha value is -0.440. The van der Waals surface area contributed by atoms with Gasteiger partial charge in [-0.05, 0) is 44.5 Å². The number of anilines is 1. The maximum atomic E-state index is 6.36. The van der Waals surface area contributed by atoms with E-state index in [0.29, 0.717) is 17.1 Å². The molecule has 2 heterocycles. The van der Waals surface area contributed by atoms with E-state index in [9.17, 15) is 0 Å². The first-order chi connectivity index (χ1) is 9.15. The summed E-state index contributed by atoms with van der Waals surface area (Å²) in [4.78, 5) is 5.10. The Morgan fingerprint density at radius 1 is 1.16 bits per heavy atom. The van der Waals surface area contributed by atoms with Gasteiger partial charge in [0.05, 0.1) is 10.7 Å². The number of hydrogen-bond donors (Lipinski definition) is 0. The number of fused-ring (bicyclic) bond motifs is 1. The second kappa shape index (κ2) is 5.51. The van der Waals surface area contributed by atoms with Crippen LogP contribution in [0.25, 0.3) is 0 Å². The normalized spacial score (nSPS) is 28.3. The van der Waals surface area contributed by atoms with Crippen LogP contribution in [0.4, 0.5) is 5.69 Å². The molecule has 4 heteroatoms. The van der Waals surface area contributed by atoms with Crippen LogP contribution in [0.3, 0.4) is 0 Å². The Morgan fingerprint density at radius 2 is 2.00 bits per heavy atom. The molecule has 0 saturated carbocycles. The first-order valence-electron chi connectivity index (χ1n) is 7.11. The summed E-state index contributed by atoms with van der Waals surface area (Å²) >= 11 is 12.4. The van der Waals surface area contributed by atoms with Gasteiger partial charge in [-0.1, -0.05) is 29.6 Å². The van der Waals surface area contributed by atoms with E-state index >= 15 is 0 Å². The fourth-order valence-corrected chi connectivity index (χ4v) is 3.92. The van der Waals surface area contributed by atoms with Crippen molar-refractivity contribution in [3.05, 3.63) is 28.2 Å². The van der Waals surface area contributed by atoms with Crippen molar-refractivity contribution in [3.63, 3.8) is 0 Å². The molecule has 2 saturated heterocycles. The quantitative estimate of drug-likeness (QED) is 0.771. The number of piperidine rings is 1. The largest absolute Gasteiger partial charge is 0.365 e. The van der Waals surface area contributed by atoms with E-state index in [1.807, 2.05) is 12.1 Å². The zero-order valence-corrected chi connectivity index (χ0v) is 12.8. The van der Waals surface area contributed by atoms with Gasteiger partial charge in [0.1, 0.15) is 0 Å². The van der Waals surface area contributed by atoms with Gasteiger partial charge in [-0.2, -0.15) is 0 Å². The van der Waals surface area contributed by atoms with Crippen LogP contribution in [-0.2, 0) is 0 Å². The molecule has 0 amide bonds. The fourth-order valence-electron chi connectivity index (χ4n) is 3.40. The number of benzene rings is 1. The molecule has 0 aliphatic carbocycles. The van der Waals surface area contributed by atoms with Crippen LogP contribution >= 0.6 is 23.2 Å². The molecule has 2 aliphatic heterocycles. The van der Waals surface area contributed by atoms with Gasteiger partial charge < -0.3 is 4.90 Å². The maximum absolute atomic E-state index is 6.36. The third-order valence-electron chi connectivity index (χ3n) is 4.41. The summed E-state index contributed by atoms with van der Waals surface area (Å²) in [5, 5.41) is 1.47. The minimum absolute atomic E-state index is 0.507. The SMILES string of the molecule is CC1CN2CCCCC2CN1c1ccc(Cl)cc1Cl. The molecule has 2 fully saturated rings. The predicted molar refractivity (Wildman–Crippen MR) is 82.5 cm³/mol. The van der Waals surface area contributed by atoms with Crippen LogP contribution in [0.5, 0.6) is 0 Å². The van der Waals surface area contributed by atoms with Crippen molar-refractivity contribution in [3.8, 4) is 0 Å². The molecule has 3 rings (SSSR count). The Kier molecular flexibility index (Phi) is 3.93. The number of rotatable bonds is 1. The molecule has 0 spiro atoms. The highest BCUT2D eigenvalue weighted by molar-refractivity contribution is 6.36. The van der Waals surface area contributed by atoms with E-state index < -0.39 is 0 Å². The van der Waals surface area contributed by atoms with E-state index in [1.54, 1.807) is 0 Å². The first-order valence-corrected chi connectivity index (χ1v) is 7.86. The lowest BCUT2D eigenvalue weighted by Crippen LogP contribution is -2.58. The number of nitrogens with zero attached hydrogens (tertiary/aromatic N) is 2. The minimum Gasteiger partial charge on any atom is -0.365 e. The van der Waals surface area contributed by atoms with Gasteiger partial charge in [0, 0.05) is 30.2 Å². The lowest BCUT2D eigenvalue weighted by molar-refractivity contribution is 0.115. The minimum atomic E-state index is 0.507. The average Bonchev–Trinajstić information content (AvgIpc) is 2.38. The van der Waals surface area contributed by atoms with Crippen LogP contribution in [0.1, 0.15) is 26.2 Å². The number of piperazine rings is 1. The third kappa shape index (κ3) is 2.72. The lowest BCUT2D eigenvalue weighted by atomic mass is 9.96. The van der Waals surface area contributed by atoms with Gasteiger partial charge in [-0.25, -0.2) is 0 Å². The van der Waals surface area contributed by atoms with Gasteiger partial charge in [0.2, 0.25) is 0 Å². The number of hydrogen-bond acceptors (Lipinski definition) is 2. The Balaban J connectivity index is 1.83. The topological polar surface area (TPSA) is 6.48 Å². The van der Waals surface area contributed by atoms with E-state index in [-0.39, 0.29) is 0 Å². The van der Waals surface area contributed by atoms with E-state index in [2.05, 4.69) is 22.8 Å². The zero-order valence-electron chi connectivity index (χ0n) is 11.3. The molecule has 0 radical (unpaired) electrons. The number of halogens is 2. The van der Waals surface area contributed by atoms with Crippen molar-refractivity contribution in [2.75, 3.05) is 24.5 Å². The van der Waals surface area contributed by atoms with E-state index in [0.717, 1.165) is 23.8 Å². The van der Waals surface area contributed by atoms with Crippen molar-refractivity contribution in [1.29, 1.82) is 0 Å². The monoisotopic (exact) mass is 298 g/mol. The second-order valence-corrected chi connectivity index (χ2v) is 6.59. The van der Waals surface area contributed by atoms with Crippen molar-refractivity contribution >= 4 is 28.9 Å². The molecule has 2 aliphatic rings. The highest BCUT2D eigenvalue weighted by atomic mass is 35.5. The zero-order chi connectivity index (χ0) is 13.4. The van der Waals surface area contributed by atoms with Crippen LogP contribution < -0.4 is 4.90 Å². The second-order valence-electron chi connectivity index (χ2n) is 5.74. The highest BCUT2D eigenvalue weighted by Gasteiger charge is 2.33. The highest BCUT2D eigenvalue weighted by Crippen LogP contribution is 2.34. The van der Waals surface area contributed by atoms with Gasteiger partial charge in [-0.3, -0.25) is 4.90 Å². The molecule has 1 aromatic carbocycles. The van der Waals surface area contributed by atoms with Gasteiger partial charge >= 0.3 is 0 Å². The summed E-state index contributed by atoms with van der Waals surface area (Å²) in [5.41, 5.74) is 1.13. The maximum Gasteiger partial charge on any atom is 0.0654 e. The van der Waals surface area contributed by atoms with E-state index in [4.69, 9.17) is 23.2 Å². The van der Waals surface area contributed by atoms with Crippen LogP contribution in [0.2, 0.25) is 10.0 Å². The van der Waals surface area contributed by atoms with Crippen molar-refractivity contribution in [1.82, 2.24) is 4.90 Å². The summed E-state index contributed by atoms with van der Waals surface area (Å²) in [5.74, 6) is 0. The molecule has 0 bridgehead atoms. The molecular formula is C15H20Cl2N2. The van der Waals surface area contributed by atoms with Gasteiger partial charge in [0.25, 0.3) is 0 Å². The molecule has 2 unspecified atom stereocenters. The molecule has 104 valence electrons. The molecule has 2 atom stereocenters. The van der Waals surface area contributed by atoms with Gasteiger partial charge in [0.15, 0.2) is 0 Å². The average molecular weight is 299 g/mol. The third-order valence-corrected chi connectivity index (χ3v) is 4.94. The summed E-state index contributed by atoms with van der Waals surface area (Å²) in [6, 6.07) is 7.03. The molecule has 0 aromatic heterocycles. The van der Waals surface area contributed by atoms with Gasteiger partial charge in [-0.15, -0.1) is 0 Å². The lowest BCUT2D eigenvalue weighted by Gasteiger charge is -2.48. The summed E-state index contributed by atoms with van der Waals surface area (Å²) < 4.78 is 0. The van der Waals surface area contributed by atoms with Crippen LogP contribution in [-0.4, -0.2) is 36.6 Å². The Labute approximate surface area is 125 Å². The molecule has 1 aromatic rings. The summed E-state index contributed by atoms with van der Waals surface area (Å²) in [6.07, 6.45) is 4.02. The smallest absolute Gasteiger partial charge is 0.0654 e. The van der Waals surface area contributed by atoms with Crippen LogP contribution in [0.15, 0.2) is 18.2 Å². The van der Waals surface area contributed by atoms with Crippen LogP contribution in [0, 0.1) is 0 Å².